The van der Waals surface area contributed by atoms with Crippen molar-refractivity contribution in [3.8, 4) is 0 Å². The molecule has 68 valence electrons. The van der Waals surface area contributed by atoms with Crippen molar-refractivity contribution in [2.75, 3.05) is 0 Å². The highest BCUT2D eigenvalue weighted by molar-refractivity contribution is 5.57. The van der Waals surface area contributed by atoms with Gasteiger partial charge in [0.1, 0.15) is 0 Å². The van der Waals surface area contributed by atoms with Crippen LogP contribution in [-0.2, 0) is 6.42 Å². The fourth-order valence-electron chi connectivity index (χ4n) is 1.61. The minimum atomic E-state index is 0.521. The molecular formula is C11H14N2. The molecule has 0 amide bonds. The van der Waals surface area contributed by atoms with Gasteiger partial charge in [0.05, 0.1) is 0 Å². The lowest BCUT2D eigenvalue weighted by Crippen LogP contribution is -2.29. The van der Waals surface area contributed by atoms with Crippen molar-refractivity contribution in [2.45, 2.75) is 25.3 Å². The standard InChI is InChI=1S/C11H14N2/c1-2-5-10(6-3-1)9-11-7-4-8-12-13-11/h1-3,5-6,8,11,13H,4,7,9H2. The second kappa shape index (κ2) is 4.08. The van der Waals surface area contributed by atoms with Crippen LogP contribution in [0.5, 0.6) is 0 Å². The molecule has 0 radical (unpaired) electrons. The lowest BCUT2D eigenvalue weighted by Gasteiger charge is -2.18. The molecule has 1 N–H and O–H groups in total. The summed E-state index contributed by atoms with van der Waals surface area (Å²) in [5.74, 6) is 0. The first-order valence-corrected chi connectivity index (χ1v) is 4.76. The van der Waals surface area contributed by atoms with Gasteiger partial charge in [0.25, 0.3) is 0 Å². The second-order valence-corrected chi connectivity index (χ2v) is 3.40. The first-order valence-electron chi connectivity index (χ1n) is 4.76. The summed E-state index contributed by atoms with van der Waals surface area (Å²) >= 11 is 0. The smallest absolute Gasteiger partial charge is 0.0483 e. The summed E-state index contributed by atoms with van der Waals surface area (Å²) in [7, 11) is 0. The Morgan fingerprint density at radius 1 is 1.31 bits per heavy atom. The van der Waals surface area contributed by atoms with Gasteiger partial charge in [0, 0.05) is 12.3 Å². The van der Waals surface area contributed by atoms with E-state index in [1.54, 1.807) is 0 Å². The van der Waals surface area contributed by atoms with Crippen molar-refractivity contribution in [3.05, 3.63) is 35.9 Å². The molecule has 1 aromatic rings. The van der Waals surface area contributed by atoms with E-state index in [1.165, 1.54) is 12.0 Å². The first-order chi connectivity index (χ1) is 6.45. The molecular weight excluding hydrogens is 160 g/mol. The Bertz CT molecular complexity index is 279. The molecule has 1 aliphatic heterocycles. The third kappa shape index (κ3) is 2.31. The molecule has 0 saturated carbocycles. The maximum atomic E-state index is 4.08. The number of nitrogens with one attached hydrogen (secondary N) is 1. The molecule has 1 aromatic carbocycles. The summed E-state index contributed by atoms with van der Waals surface area (Å²) in [5.41, 5.74) is 4.52. The highest BCUT2D eigenvalue weighted by atomic mass is 15.3. The predicted molar refractivity (Wildman–Crippen MR) is 54.8 cm³/mol. The van der Waals surface area contributed by atoms with Gasteiger partial charge in [-0.1, -0.05) is 30.3 Å². The molecule has 1 atom stereocenters. The van der Waals surface area contributed by atoms with E-state index in [0.717, 1.165) is 12.8 Å². The summed E-state index contributed by atoms with van der Waals surface area (Å²) < 4.78 is 0. The molecule has 0 saturated heterocycles. The van der Waals surface area contributed by atoms with Crippen molar-refractivity contribution in [2.24, 2.45) is 5.10 Å². The van der Waals surface area contributed by atoms with Crippen LogP contribution in [0.25, 0.3) is 0 Å². The molecule has 0 aliphatic carbocycles. The fourth-order valence-corrected chi connectivity index (χ4v) is 1.61. The van der Waals surface area contributed by atoms with Crippen LogP contribution in [0, 0.1) is 0 Å². The largest absolute Gasteiger partial charge is 0.307 e. The van der Waals surface area contributed by atoms with Crippen molar-refractivity contribution in [3.63, 3.8) is 0 Å². The second-order valence-electron chi connectivity index (χ2n) is 3.40. The van der Waals surface area contributed by atoms with Gasteiger partial charge in [0.2, 0.25) is 0 Å². The van der Waals surface area contributed by atoms with Crippen molar-refractivity contribution >= 4 is 6.21 Å². The van der Waals surface area contributed by atoms with Gasteiger partial charge >= 0.3 is 0 Å². The van der Waals surface area contributed by atoms with Gasteiger partial charge in [-0.25, -0.2) is 0 Å². The molecule has 0 fully saturated rings. The monoisotopic (exact) mass is 174 g/mol. The molecule has 13 heavy (non-hydrogen) atoms. The van der Waals surface area contributed by atoms with Gasteiger partial charge < -0.3 is 5.43 Å². The van der Waals surface area contributed by atoms with Crippen LogP contribution < -0.4 is 5.43 Å². The highest BCUT2D eigenvalue weighted by Crippen LogP contribution is 2.08. The molecule has 0 bridgehead atoms. The quantitative estimate of drug-likeness (QED) is 0.728. The summed E-state index contributed by atoms with van der Waals surface area (Å²) in [5, 5.41) is 4.08. The number of nitrogens with zero attached hydrogens (tertiary/aromatic N) is 1. The van der Waals surface area contributed by atoms with Crippen LogP contribution in [0.1, 0.15) is 18.4 Å². The zero-order chi connectivity index (χ0) is 8.93. The predicted octanol–water partition coefficient (Wildman–Crippen LogP) is 1.97. The third-order valence-electron chi connectivity index (χ3n) is 2.32. The average Bonchev–Trinajstić information content (AvgIpc) is 2.21. The topological polar surface area (TPSA) is 24.4 Å². The van der Waals surface area contributed by atoms with E-state index in [2.05, 4.69) is 40.9 Å². The van der Waals surface area contributed by atoms with Crippen molar-refractivity contribution in [1.29, 1.82) is 0 Å². The van der Waals surface area contributed by atoms with Gasteiger partial charge in [-0.3, -0.25) is 0 Å². The van der Waals surface area contributed by atoms with Gasteiger partial charge in [-0.15, -0.1) is 0 Å². The molecule has 0 spiro atoms. The van der Waals surface area contributed by atoms with E-state index >= 15 is 0 Å². The van der Waals surface area contributed by atoms with E-state index < -0.39 is 0 Å². The molecule has 2 rings (SSSR count). The third-order valence-corrected chi connectivity index (χ3v) is 2.32. The summed E-state index contributed by atoms with van der Waals surface area (Å²) in [4.78, 5) is 0. The lowest BCUT2D eigenvalue weighted by atomic mass is 10.0. The number of hydrazone groups is 1. The Morgan fingerprint density at radius 2 is 2.15 bits per heavy atom. The Kier molecular flexibility index (Phi) is 2.60. The molecule has 1 heterocycles. The molecule has 1 aliphatic rings. The normalized spacial score (nSPS) is 21.1. The molecule has 2 nitrogen and oxygen atoms in total. The van der Waals surface area contributed by atoms with Gasteiger partial charge in [-0.05, 0) is 24.8 Å². The SMILES string of the molecule is C1=NNC(Cc2ccccc2)CC1. The van der Waals surface area contributed by atoms with Crippen LogP contribution in [0.15, 0.2) is 35.4 Å². The van der Waals surface area contributed by atoms with Crippen LogP contribution >= 0.6 is 0 Å². The Balaban J connectivity index is 1.94. The minimum absolute atomic E-state index is 0.521. The molecule has 0 aromatic heterocycles. The van der Waals surface area contributed by atoms with Crippen molar-refractivity contribution in [1.82, 2.24) is 5.43 Å². The van der Waals surface area contributed by atoms with Gasteiger partial charge in [0.15, 0.2) is 0 Å². The van der Waals surface area contributed by atoms with E-state index in [0.29, 0.717) is 6.04 Å². The van der Waals surface area contributed by atoms with E-state index in [9.17, 15) is 0 Å². The maximum absolute atomic E-state index is 4.08. The Hall–Kier alpha value is -1.31. The number of hydrogen-bond acceptors (Lipinski definition) is 2. The van der Waals surface area contributed by atoms with E-state index in [1.807, 2.05) is 6.21 Å². The Morgan fingerprint density at radius 3 is 2.85 bits per heavy atom. The van der Waals surface area contributed by atoms with Crippen LogP contribution in [0.2, 0.25) is 0 Å². The highest BCUT2D eigenvalue weighted by Gasteiger charge is 2.09. The molecule has 1 unspecified atom stereocenters. The van der Waals surface area contributed by atoms with Crippen molar-refractivity contribution < 1.29 is 0 Å². The average molecular weight is 174 g/mol. The number of hydrogen-bond donors (Lipinski definition) is 1. The summed E-state index contributed by atoms with van der Waals surface area (Å²) in [6, 6.07) is 11.1. The van der Waals surface area contributed by atoms with E-state index in [-0.39, 0.29) is 0 Å². The lowest BCUT2D eigenvalue weighted by molar-refractivity contribution is 0.485. The van der Waals surface area contributed by atoms with E-state index in [4.69, 9.17) is 0 Å². The minimum Gasteiger partial charge on any atom is -0.307 e. The van der Waals surface area contributed by atoms with Crippen LogP contribution in [0.3, 0.4) is 0 Å². The number of rotatable bonds is 2. The summed E-state index contributed by atoms with van der Waals surface area (Å²) in [6.45, 7) is 0. The summed E-state index contributed by atoms with van der Waals surface area (Å²) in [6.07, 6.45) is 5.32. The van der Waals surface area contributed by atoms with Crippen LogP contribution in [-0.4, -0.2) is 12.3 Å². The van der Waals surface area contributed by atoms with Gasteiger partial charge in [-0.2, -0.15) is 5.10 Å². The number of benzene rings is 1. The van der Waals surface area contributed by atoms with Crippen LogP contribution in [0.4, 0.5) is 0 Å². The zero-order valence-corrected chi connectivity index (χ0v) is 7.61. The first kappa shape index (κ1) is 8.30. The molecule has 2 heteroatoms. The zero-order valence-electron chi connectivity index (χ0n) is 7.61. The Labute approximate surface area is 78.7 Å². The maximum Gasteiger partial charge on any atom is 0.0483 e. The fraction of sp³-hybridized carbons (Fsp3) is 0.364.